The summed E-state index contributed by atoms with van der Waals surface area (Å²) in [6.07, 6.45) is 3.70. The van der Waals surface area contributed by atoms with Gasteiger partial charge >= 0.3 is 5.97 Å². The van der Waals surface area contributed by atoms with Crippen molar-refractivity contribution < 1.29 is 9.90 Å². The highest BCUT2D eigenvalue weighted by atomic mass is 16.4. The first-order valence-corrected chi connectivity index (χ1v) is 4.99. The Labute approximate surface area is 91.3 Å². The molecule has 0 unspecified atom stereocenters. The van der Waals surface area contributed by atoms with E-state index in [0.29, 0.717) is 5.56 Å². The molecule has 2 N–H and O–H groups in total. The molecule has 3 nitrogen and oxygen atoms in total. The molecule has 0 bridgehead atoms. The van der Waals surface area contributed by atoms with E-state index in [2.05, 4.69) is 4.98 Å². The van der Waals surface area contributed by atoms with E-state index in [9.17, 15) is 4.79 Å². The summed E-state index contributed by atoms with van der Waals surface area (Å²) in [6.45, 7) is 0. The van der Waals surface area contributed by atoms with Gasteiger partial charge in [-0.05, 0) is 27.6 Å². The van der Waals surface area contributed by atoms with Crippen LogP contribution in [0.25, 0.3) is 21.5 Å². The van der Waals surface area contributed by atoms with Crippen molar-refractivity contribution in [1.29, 1.82) is 0 Å². The fraction of sp³-hybridized carbons (Fsp3) is 0. The molecule has 0 fully saturated rings. The van der Waals surface area contributed by atoms with Gasteiger partial charge in [0.1, 0.15) is 0 Å². The molecule has 3 rings (SSSR count). The number of hydrogen-bond donors (Lipinski definition) is 2. The highest BCUT2D eigenvalue weighted by molar-refractivity contribution is 6.18. The van der Waals surface area contributed by atoms with E-state index in [-0.39, 0.29) is 0 Å². The summed E-state index contributed by atoms with van der Waals surface area (Å²) >= 11 is 0. The minimum atomic E-state index is -0.885. The van der Waals surface area contributed by atoms with Crippen molar-refractivity contribution >= 4 is 27.5 Å². The first kappa shape index (κ1) is 8.97. The van der Waals surface area contributed by atoms with Crippen molar-refractivity contribution in [2.45, 2.75) is 0 Å². The van der Waals surface area contributed by atoms with Crippen LogP contribution < -0.4 is 0 Å². The maximum atomic E-state index is 11.1. The molecule has 0 aliphatic carbocycles. The molecule has 0 saturated heterocycles. The lowest BCUT2D eigenvalue weighted by Gasteiger charge is -1.93. The standard InChI is InChI=1S/C13H9NO2/c15-13(16)11-5-9-7-14-6-8-3-1-2-4-10(11)12(8)9/h1-7,14H,(H,15,16). The second kappa shape index (κ2) is 3.10. The molecule has 2 aromatic carbocycles. The molecule has 0 radical (unpaired) electrons. The van der Waals surface area contributed by atoms with Crippen LogP contribution in [0.1, 0.15) is 10.4 Å². The van der Waals surface area contributed by atoms with Crippen LogP contribution in [0.15, 0.2) is 42.7 Å². The van der Waals surface area contributed by atoms with Crippen molar-refractivity contribution in [2.24, 2.45) is 0 Å². The van der Waals surface area contributed by atoms with Crippen LogP contribution in [0.4, 0.5) is 0 Å². The molecule has 3 aromatic rings. The first-order chi connectivity index (χ1) is 7.77. The maximum absolute atomic E-state index is 11.1. The second-order valence-electron chi connectivity index (χ2n) is 3.74. The van der Waals surface area contributed by atoms with Crippen molar-refractivity contribution in [2.75, 3.05) is 0 Å². The summed E-state index contributed by atoms with van der Waals surface area (Å²) in [4.78, 5) is 14.2. The number of carboxylic acids is 1. The van der Waals surface area contributed by atoms with Gasteiger partial charge in [-0.2, -0.15) is 0 Å². The molecule has 0 aliphatic heterocycles. The van der Waals surface area contributed by atoms with E-state index in [0.717, 1.165) is 21.5 Å². The Kier molecular flexibility index (Phi) is 1.74. The van der Waals surface area contributed by atoms with Gasteiger partial charge in [-0.15, -0.1) is 0 Å². The Bertz CT molecular complexity index is 697. The number of aromatic nitrogens is 1. The van der Waals surface area contributed by atoms with E-state index in [1.54, 1.807) is 6.07 Å². The number of hydrogen-bond acceptors (Lipinski definition) is 1. The third-order valence-corrected chi connectivity index (χ3v) is 2.79. The van der Waals surface area contributed by atoms with E-state index in [1.807, 2.05) is 36.7 Å². The summed E-state index contributed by atoms with van der Waals surface area (Å²) in [7, 11) is 0. The zero-order valence-corrected chi connectivity index (χ0v) is 8.40. The molecule has 0 aliphatic rings. The molecule has 3 heteroatoms. The normalized spacial score (nSPS) is 11.0. The van der Waals surface area contributed by atoms with Gasteiger partial charge in [0, 0.05) is 12.4 Å². The summed E-state index contributed by atoms with van der Waals surface area (Å²) < 4.78 is 0. The Morgan fingerprint density at radius 1 is 1.12 bits per heavy atom. The number of pyridine rings is 1. The van der Waals surface area contributed by atoms with Gasteiger partial charge in [-0.1, -0.05) is 24.3 Å². The Hall–Kier alpha value is -2.29. The fourth-order valence-electron chi connectivity index (χ4n) is 2.12. The predicted octanol–water partition coefficient (Wildman–Crippen LogP) is 3.02. The maximum Gasteiger partial charge on any atom is 0.336 e. The number of nitrogens with one attached hydrogen (secondary N) is 1. The van der Waals surface area contributed by atoms with Crippen LogP contribution in [-0.2, 0) is 0 Å². The van der Waals surface area contributed by atoms with Crippen LogP contribution in [0.2, 0.25) is 0 Å². The van der Waals surface area contributed by atoms with E-state index >= 15 is 0 Å². The third-order valence-electron chi connectivity index (χ3n) is 2.79. The molecule has 1 aromatic heterocycles. The van der Waals surface area contributed by atoms with Crippen molar-refractivity contribution in [3.8, 4) is 0 Å². The quantitative estimate of drug-likeness (QED) is 0.650. The number of aromatic carboxylic acids is 1. The highest BCUT2D eigenvalue weighted by Gasteiger charge is 2.13. The lowest BCUT2D eigenvalue weighted by atomic mass is 10.2. The predicted molar refractivity (Wildman–Crippen MR) is 62.8 cm³/mol. The van der Waals surface area contributed by atoms with Crippen molar-refractivity contribution in [1.82, 2.24) is 4.98 Å². The molecule has 0 saturated carbocycles. The highest BCUT2D eigenvalue weighted by Crippen LogP contribution is 2.30. The average molecular weight is 211 g/mol. The summed E-state index contributed by atoms with van der Waals surface area (Å²) in [5, 5.41) is 12.9. The van der Waals surface area contributed by atoms with Gasteiger partial charge in [0.2, 0.25) is 0 Å². The molecule has 78 valence electrons. The Morgan fingerprint density at radius 2 is 1.88 bits per heavy atom. The van der Waals surface area contributed by atoms with Crippen LogP contribution >= 0.6 is 0 Å². The third kappa shape index (κ3) is 1.11. The second-order valence-corrected chi connectivity index (χ2v) is 3.74. The van der Waals surface area contributed by atoms with Gasteiger partial charge in [-0.25, -0.2) is 4.79 Å². The number of rotatable bonds is 1. The Morgan fingerprint density at radius 3 is 2.69 bits per heavy atom. The summed E-state index contributed by atoms with van der Waals surface area (Å²) in [5.74, 6) is -0.885. The van der Waals surface area contributed by atoms with Crippen LogP contribution in [0.5, 0.6) is 0 Å². The van der Waals surface area contributed by atoms with E-state index < -0.39 is 5.97 Å². The number of aromatic amines is 1. The molecular formula is C13H9NO2. The molecule has 0 atom stereocenters. The SMILES string of the molecule is O=C(O)c1cc2c[nH]cc3ccccc1c32. The minimum Gasteiger partial charge on any atom is -0.478 e. The topological polar surface area (TPSA) is 53.1 Å². The monoisotopic (exact) mass is 211 g/mol. The number of carbonyl (C=O) groups is 1. The van der Waals surface area contributed by atoms with Crippen molar-refractivity contribution in [3.63, 3.8) is 0 Å². The summed E-state index contributed by atoms with van der Waals surface area (Å²) in [6, 6.07) is 9.29. The molecule has 0 spiro atoms. The average Bonchev–Trinajstić information content (AvgIpc) is 2.50. The first-order valence-electron chi connectivity index (χ1n) is 4.99. The van der Waals surface area contributed by atoms with Gasteiger partial charge in [0.15, 0.2) is 0 Å². The van der Waals surface area contributed by atoms with Gasteiger partial charge in [0.05, 0.1) is 5.56 Å². The molecular weight excluding hydrogens is 202 g/mol. The lowest BCUT2D eigenvalue weighted by molar-refractivity contribution is 0.0699. The van der Waals surface area contributed by atoms with E-state index in [1.165, 1.54) is 0 Å². The fourth-order valence-corrected chi connectivity index (χ4v) is 2.12. The van der Waals surface area contributed by atoms with Crippen LogP contribution in [0, 0.1) is 0 Å². The summed E-state index contributed by atoms with van der Waals surface area (Å²) in [5.41, 5.74) is 0.357. The molecule has 16 heavy (non-hydrogen) atoms. The van der Waals surface area contributed by atoms with Gasteiger partial charge < -0.3 is 10.1 Å². The van der Waals surface area contributed by atoms with Gasteiger partial charge in [-0.3, -0.25) is 0 Å². The molecule has 0 amide bonds. The van der Waals surface area contributed by atoms with Crippen molar-refractivity contribution in [3.05, 3.63) is 48.3 Å². The van der Waals surface area contributed by atoms with Gasteiger partial charge in [0.25, 0.3) is 0 Å². The smallest absolute Gasteiger partial charge is 0.336 e. The van der Waals surface area contributed by atoms with Crippen LogP contribution in [0.3, 0.4) is 0 Å². The minimum absolute atomic E-state index is 0.357. The zero-order valence-electron chi connectivity index (χ0n) is 8.40. The van der Waals surface area contributed by atoms with E-state index in [4.69, 9.17) is 5.11 Å². The zero-order chi connectivity index (χ0) is 11.1. The number of carboxylic acid groups (broad SMARTS) is 1. The lowest BCUT2D eigenvalue weighted by Crippen LogP contribution is -1.92. The van der Waals surface area contributed by atoms with Crippen LogP contribution in [-0.4, -0.2) is 16.1 Å². The Balaban J connectivity index is 2.64. The molecule has 1 heterocycles. The number of H-pyrrole nitrogens is 1. The largest absolute Gasteiger partial charge is 0.478 e.